The van der Waals surface area contributed by atoms with E-state index >= 15 is 0 Å². The second-order valence-corrected chi connectivity index (χ2v) is 6.83. The molecule has 1 unspecified atom stereocenters. The topological polar surface area (TPSA) is 172 Å². The number of nitrogens with two attached hydrogens (primary N) is 1. The predicted octanol–water partition coefficient (Wildman–Crippen LogP) is -0.620. The van der Waals surface area contributed by atoms with Gasteiger partial charge in [0.2, 0.25) is 5.95 Å². The number of anilines is 2. The van der Waals surface area contributed by atoms with E-state index in [1.807, 2.05) is 6.07 Å². The van der Waals surface area contributed by atoms with E-state index in [0.717, 1.165) is 5.56 Å². The molecule has 1 aromatic carbocycles. The Hall–Kier alpha value is -2.99. The van der Waals surface area contributed by atoms with Crippen molar-refractivity contribution in [2.75, 3.05) is 24.2 Å². The third-order valence-electron chi connectivity index (χ3n) is 4.85. The number of rotatable bonds is 6. The van der Waals surface area contributed by atoms with Gasteiger partial charge in [0.1, 0.15) is 29.6 Å². The molecule has 1 aliphatic heterocycles. The Morgan fingerprint density at radius 3 is 2.76 bits per heavy atom. The number of imidazole rings is 1. The molecule has 0 aliphatic carbocycles. The third-order valence-corrected chi connectivity index (χ3v) is 4.85. The maximum Gasteiger partial charge on any atom is 0.226 e. The van der Waals surface area contributed by atoms with Gasteiger partial charge in [0.05, 0.1) is 12.9 Å². The van der Waals surface area contributed by atoms with Crippen LogP contribution in [0.5, 0.6) is 5.75 Å². The van der Waals surface area contributed by atoms with Gasteiger partial charge in [-0.1, -0.05) is 12.1 Å². The molecule has 3 aromatic rings. The first-order chi connectivity index (χ1) is 14.0. The number of hydrogen-bond donors (Lipinski definition) is 6. The van der Waals surface area contributed by atoms with Crippen LogP contribution in [0.3, 0.4) is 0 Å². The number of aliphatic hydroxyl groups excluding tert-OH is 3. The van der Waals surface area contributed by atoms with E-state index in [0.29, 0.717) is 24.1 Å². The monoisotopic (exact) mass is 402 g/mol. The lowest BCUT2D eigenvalue weighted by atomic mass is 10.1. The summed E-state index contributed by atoms with van der Waals surface area (Å²) in [4.78, 5) is 12.8. The Labute approximate surface area is 165 Å². The lowest BCUT2D eigenvalue weighted by Crippen LogP contribution is -2.33. The number of aliphatic hydroxyl groups is 3. The number of nitrogen functional groups attached to an aromatic ring is 1. The Kier molecular flexibility index (Phi) is 5.20. The van der Waals surface area contributed by atoms with Crippen molar-refractivity contribution in [3.8, 4) is 5.75 Å². The smallest absolute Gasteiger partial charge is 0.226 e. The zero-order valence-corrected chi connectivity index (χ0v) is 15.4. The maximum atomic E-state index is 10.3. The lowest BCUT2D eigenvalue weighted by molar-refractivity contribution is -0.0511. The van der Waals surface area contributed by atoms with Crippen molar-refractivity contribution in [1.82, 2.24) is 19.5 Å². The summed E-state index contributed by atoms with van der Waals surface area (Å²) in [6.07, 6.45) is -2.35. The summed E-state index contributed by atoms with van der Waals surface area (Å²) in [5, 5.41) is 42.2. The van der Waals surface area contributed by atoms with Gasteiger partial charge in [0.25, 0.3) is 0 Å². The molecule has 4 atom stereocenters. The molecule has 0 saturated carbocycles. The third kappa shape index (κ3) is 3.68. The molecule has 0 spiro atoms. The van der Waals surface area contributed by atoms with Crippen LogP contribution in [0, 0.1) is 0 Å². The highest BCUT2D eigenvalue weighted by Gasteiger charge is 2.44. The van der Waals surface area contributed by atoms with E-state index in [-0.39, 0.29) is 17.5 Å². The van der Waals surface area contributed by atoms with E-state index < -0.39 is 31.1 Å². The zero-order chi connectivity index (χ0) is 20.5. The van der Waals surface area contributed by atoms with Gasteiger partial charge in [-0.3, -0.25) is 4.57 Å². The van der Waals surface area contributed by atoms with Crippen LogP contribution in [0.25, 0.3) is 11.2 Å². The number of phenols is 1. The van der Waals surface area contributed by atoms with E-state index in [1.165, 1.54) is 10.9 Å². The summed E-state index contributed by atoms with van der Waals surface area (Å²) in [7, 11) is 0. The molecule has 1 fully saturated rings. The number of nitrogens with one attached hydrogen (secondary N) is 1. The first kappa shape index (κ1) is 19.3. The van der Waals surface area contributed by atoms with Gasteiger partial charge in [0.15, 0.2) is 17.7 Å². The maximum absolute atomic E-state index is 10.3. The average molecular weight is 402 g/mol. The van der Waals surface area contributed by atoms with Gasteiger partial charge in [-0.05, 0) is 24.1 Å². The molecular formula is C18H22N6O5. The number of nitrogens with zero attached hydrogens (tertiary/aromatic N) is 4. The molecule has 1 aliphatic rings. The highest BCUT2D eigenvalue weighted by molar-refractivity contribution is 5.83. The molecule has 154 valence electrons. The first-order valence-electron chi connectivity index (χ1n) is 9.12. The molecule has 0 bridgehead atoms. The Morgan fingerprint density at radius 2 is 2.03 bits per heavy atom. The first-order valence-corrected chi connectivity index (χ1v) is 9.12. The quantitative estimate of drug-likeness (QED) is 0.312. The number of aromatic nitrogens is 4. The van der Waals surface area contributed by atoms with E-state index in [2.05, 4.69) is 20.3 Å². The van der Waals surface area contributed by atoms with Crippen LogP contribution in [0.2, 0.25) is 0 Å². The Morgan fingerprint density at radius 1 is 1.21 bits per heavy atom. The summed E-state index contributed by atoms with van der Waals surface area (Å²) in [6.45, 7) is 0.0662. The number of phenolic OH excluding ortho intramolecular Hbond substituents is 1. The number of ether oxygens (including phenoxy) is 1. The summed E-state index contributed by atoms with van der Waals surface area (Å²) in [5.74, 6) is 0.621. The van der Waals surface area contributed by atoms with Crippen LogP contribution in [-0.2, 0) is 11.2 Å². The molecule has 0 radical (unpaired) electrons. The van der Waals surface area contributed by atoms with Crippen molar-refractivity contribution in [2.24, 2.45) is 0 Å². The van der Waals surface area contributed by atoms with Gasteiger partial charge >= 0.3 is 0 Å². The van der Waals surface area contributed by atoms with Crippen LogP contribution < -0.4 is 11.1 Å². The van der Waals surface area contributed by atoms with Crippen LogP contribution in [0.4, 0.5) is 11.8 Å². The zero-order valence-electron chi connectivity index (χ0n) is 15.4. The average Bonchev–Trinajstić information content (AvgIpc) is 3.24. The second-order valence-electron chi connectivity index (χ2n) is 6.83. The molecular weight excluding hydrogens is 380 g/mol. The summed E-state index contributed by atoms with van der Waals surface area (Å²) in [5.41, 5.74) is 7.60. The number of aromatic hydroxyl groups is 1. The van der Waals surface area contributed by atoms with Crippen LogP contribution in [0.15, 0.2) is 30.6 Å². The highest BCUT2D eigenvalue weighted by atomic mass is 16.6. The summed E-state index contributed by atoms with van der Waals surface area (Å²) in [6, 6.07) is 6.95. The van der Waals surface area contributed by atoms with Crippen molar-refractivity contribution in [2.45, 2.75) is 31.0 Å². The SMILES string of the molecule is Nc1nc(NCCc2cccc(O)c2)nc2c1ncn2C1O[C@H](CO)[C@@H](O)[C@H]1O. The van der Waals surface area contributed by atoms with Crippen LogP contribution in [-0.4, -0.2) is 71.4 Å². The van der Waals surface area contributed by atoms with E-state index in [1.54, 1.807) is 18.2 Å². The minimum absolute atomic E-state index is 0.153. The lowest BCUT2D eigenvalue weighted by Gasteiger charge is -2.16. The number of hydrogen-bond acceptors (Lipinski definition) is 10. The van der Waals surface area contributed by atoms with Gasteiger partial charge in [0, 0.05) is 6.54 Å². The molecule has 2 aromatic heterocycles. The molecule has 3 heterocycles. The molecule has 11 heteroatoms. The number of fused-ring (bicyclic) bond motifs is 1. The fourth-order valence-corrected chi connectivity index (χ4v) is 3.34. The summed E-state index contributed by atoms with van der Waals surface area (Å²) >= 11 is 0. The molecule has 1 saturated heterocycles. The van der Waals surface area contributed by atoms with Crippen LogP contribution in [0.1, 0.15) is 11.8 Å². The fourth-order valence-electron chi connectivity index (χ4n) is 3.34. The van der Waals surface area contributed by atoms with Crippen molar-refractivity contribution in [3.05, 3.63) is 36.2 Å². The van der Waals surface area contributed by atoms with Crippen molar-refractivity contribution in [1.29, 1.82) is 0 Å². The van der Waals surface area contributed by atoms with Crippen molar-refractivity contribution < 1.29 is 25.2 Å². The molecule has 0 amide bonds. The van der Waals surface area contributed by atoms with Crippen LogP contribution >= 0.6 is 0 Å². The Bertz CT molecular complexity index is 1010. The Balaban J connectivity index is 1.55. The molecule has 4 rings (SSSR count). The minimum atomic E-state index is -1.26. The van der Waals surface area contributed by atoms with Crippen molar-refractivity contribution >= 4 is 22.9 Å². The standard InChI is InChI=1S/C18H22N6O5/c19-15-12-16(24(8-21-12)17-14(28)13(27)11(7-25)29-17)23-18(22-15)20-5-4-9-2-1-3-10(26)6-9/h1-3,6,8,11,13-14,17,25-28H,4-5,7H2,(H3,19,20,22,23)/t11-,13-,14-,17?/m1/s1. The van der Waals surface area contributed by atoms with Gasteiger partial charge in [-0.25, -0.2) is 4.98 Å². The largest absolute Gasteiger partial charge is 0.508 e. The normalized spacial score (nSPS) is 24.2. The number of benzene rings is 1. The van der Waals surface area contributed by atoms with E-state index in [9.17, 15) is 20.4 Å². The fraction of sp³-hybridized carbons (Fsp3) is 0.389. The second kappa shape index (κ2) is 7.79. The van der Waals surface area contributed by atoms with Gasteiger partial charge in [-0.15, -0.1) is 0 Å². The van der Waals surface area contributed by atoms with Crippen molar-refractivity contribution in [3.63, 3.8) is 0 Å². The van der Waals surface area contributed by atoms with Gasteiger partial charge in [-0.2, -0.15) is 9.97 Å². The predicted molar refractivity (Wildman–Crippen MR) is 103 cm³/mol. The van der Waals surface area contributed by atoms with Gasteiger partial charge < -0.3 is 36.2 Å². The summed E-state index contributed by atoms with van der Waals surface area (Å²) < 4.78 is 7.00. The minimum Gasteiger partial charge on any atom is -0.508 e. The molecule has 7 N–H and O–H groups in total. The molecule has 29 heavy (non-hydrogen) atoms. The van der Waals surface area contributed by atoms with E-state index in [4.69, 9.17) is 10.5 Å². The highest BCUT2D eigenvalue weighted by Crippen LogP contribution is 2.32. The molecule has 11 nitrogen and oxygen atoms in total.